The molecule has 0 radical (unpaired) electrons. The van der Waals surface area contributed by atoms with E-state index in [0.29, 0.717) is 25.7 Å². The first-order valence-electron chi connectivity index (χ1n) is 8.51. The average molecular weight is 400 g/mol. The van der Waals surface area contributed by atoms with Gasteiger partial charge in [-0.05, 0) is 43.9 Å². The topological polar surface area (TPSA) is 68.3 Å². The first-order valence-corrected chi connectivity index (χ1v) is 10.00. The van der Waals surface area contributed by atoms with E-state index < -0.39 is 21.8 Å². The van der Waals surface area contributed by atoms with Gasteiger partial charge in [0.15, 0.2) is 0 Å². The largest absolute Gasteiger partial charge is 0.474 e. The Morgan fingerprint density at radius 2 is 1.67 bits per heavy atom. The second kappa shape index (κ2) is 7.85. The van der Waals surface area contributed by atoms with Crippen molar-refractivity contribution >= 4 is 10.0 Å². The molecule has 1 N–H and O–H groups in total. The number of pyridine rings is 1. The maximum absolute atomic E-state index is 12.5. The minimum Gasteiger partial charge on any atom is -0.474 e. The van der Waals surface area contributed by atoms with Gasteiger partial charge in [-0.2, -0.15) is 13.2 Å². The average Bonchev–Trinajstić information content (AvgIpc) is 2.64. The Kier molecular flexibility index (Phi) is 5.71. The highest BCUT2D eigenvalue weighted by molar-refractivity contribution is 7.89. The second-order valence-electron chi connectivity index (χ2n) is 6.41. The fraction of sp³-hybridized carbons (Fsp3) is 0.389. The molecule has 1 heterocycles. The molecule has 0 unspecified atom stereocenters. The first kappa shape index (κ1) is 19.6. The Morgan fingerprint density at radius 3 is 2.22 bits per heavy atom. The number of ether oxygens (including phenoxy) is 1. The maximum atomic E-state index is 12.5. The monoisotopic (exact) mass is 400 g/mol. The van der Waals surface area contributed by atoms with E-state index in [9.17, 15) is 21.6 Å². The number of rotatable bonds is 5. The van der Waals surface area contributed by atoms with Gasteiger partial charge in [-0.3, -0.25) is 0 Å². The normalized spacial score (nSPS) is 21.0. The van der Waals surface area contributed by atoms with Gasteiger partial charge in [-0.15, -0.1) is 0 Å². The number of halogens is 3. The van der Waals surface area contributed by atoms with Crippen LogP contribution < -0.4 is 9.46 Å². The molecule has 0 atom stereocenters. The van der Waals surface area contributed by atoms with Crippen LogP contribution in [0.4, 0.5) is 13.2 Å². The van der Waals surface area contributed by atoms with Crippen LogP contribution in [0, 0.1) is 0 Å². The second-order valence-corrected chi connectivity index (χ2v) is 8.12. The van der Waals surface area contributed by atoms with Crippen molar-refractivity contribution in [3.8, 4) is 5.88 Å². The fourth-order valence-electron chi connectivity index (χ4n) is 2.97. The van der Waals surface area contributed by atoms with Gasteiger partial charge < -0.3 is 4.74 Å². The minimum absolute atomic E-state index is 0.135. The van der Waals surface area contributed by atoms with Crippen LogP contribution in [-0.4, -0.2) is 25.5 Å². The Morgan fingerprint density at radius 1 is 1.00 bits per heavy atom. The molecule has 9 heteroatoms. The molecule has 1 aliphatic carbocycles. The molecule has 1 aliphatic rings. The van der Waals surface area contributed by atoms with Gasteiger partial charge in [0.05, 0.1) is 10.5 Å². The van der Waals surface area contributed by atoms with Gasteiger partial charge in [0.2, 0.25) is 15.9 Å². The van der Waals surface area contributed by atoms with E-state index in [-0.39, 0.29) is 22.9 Å². The first-order chi connectivity index (χ1) is 12.7. The van der Waals surface area contributed by atoms with Crippen LogP contribution in [0.2, 0.25) is 0 Å². The number of sulfonamides is 1. The molecular formula is C18H19F3N2O3S. The summed E-state index contributed by atoms with van der Waals surface area (Å²) in [5.41, 5.74) is -0.825. The van der Waals surface area contributed by atoms with Gasteiger partial charge in [-0.1, -0.05) is 18.2 Å². The summed E-state index contributed by atoms with van der Waals surface area (Å²) in [5, 5.41) is 0. The third kappa shape index (κ3) is 5.20. The lowest BCUT2D eigenvalue weighted by atomic mass is 9.94. The van der Waals surface area contributed by atoms with Gasteiger partial charge in [0.25, 0.3) is 0 Å². The van der Waals surface area contributed by atoms with Crippen molar-refractivity contribution in [2.75, 3.05) is 0 Å². The number of alkyl halides is 3. The molecule has 5 nitrogen and oxygen atoms in total. The highest BCUT2D eigenvalue weighted by Crippen LogP contribution is 2.30. The molecule has 27 heavy (non-hydrogen) atoms. The molecule has 3 rings (SSSR count). The summed E-state index contributed by atoms with van der Waals surface area (Å²) >= 11 is 0. The molecule has 0 saturated heterocycles. The molecule has 1 aromatic carbocycles. The summed E-state index contributed by atoms with van der Waals surface area (Å²) in [6.45, 7) is 0. The summed E-state index contributed by atoms with van der Waals surface area (Å²) in [6, 6.07) is 10.1. The zero-order chi connectivity index (χ0) is 19.5. The highest BCUT2D eigenvalue weighted by Gasteiger charge is 2.31. The lowest BCUT2D eigenvalue weighted by Crippen LogP contribution is -2.39. The molecule has 0 amide bonds. The van der Waals surface area contributed by atoms with Gasteiger partial charge in [-0.25, -0.2) is 18.1 Å². The summed E-state index contributed by atoms with van der Waals surface area (Å²) in [4.78, 5) is 3.92. The van der Waals surface area contributed by atoms with E-state index in [2.05, 4.69) is 9.71 Å². The van der Waals surface area contributed by atoms with Crippen LogP contribution in [0.1, 0.15) is 31.2 Å². The van der Waals surface area contributed by atoms with E-state index in [4.69, 9.17) is 4.74 Å². The minimum atomic E-state index is -4.43. The van der Waals surface area contributed by atoms with Crippen LogP contribution in [0.25, 0.3) is 0 Å². The quantitative estimate of drug-likeness (QED) is 0.830. The summed E-state index contributed by atoms with van der Waals surface area (Å²) in [5.74, 6) is 0.135. The lowest BCUT2D eigenvalue weighted by molar-refractivity contribution is -0.137. The number of hydrogen-bond donors (Lipinski definition) is 1. The Labute approximate surface area is 155 Å². The van der Waals surface area contributed by atoms with E-state index in [1.165, 1.54) is 18.2 Å². The lowest BCUT2D eigenvalue weighted by Gasteiger charge is -2.29. The zero-order valence-electron chi connectivity index (χ0n) is 14.3. The summed E-state index contributed by atoms with van der Waals surface area (Å²) in [7, 11) is -3.56. The number of nitrogens with zero attached hydrogens (tertiary/aromatic N) is 1. The highest BCUT2D eigenvalue weighted by atomic mass is 32.2. The van der Waals surface area contributed by atoms with E-state index in [0.717, 1.165) is 12.3 Å². The molecule has 2 aromatic rings. The van der Waals surface area contributed by atoms with Crippen LogP contribution >= 0.6 is 0 Å². The van der Waals surface area contributed by atoms with Crippen molar-refractivity contribution in [2.45, 2.75) is 48.9 Å². The van der Waals surface area contributed by atoms with Crippen molar-refractivity contribution in [3.63, 3.8) is 0 Å². The van der Waals surface area contributed by atoms with E-state index >= 15 is 0 Å². The SMILES string of the molecule is O=S(=O)(NC1CCC(Oc2ccc(C(F)(F)F)cn2)CC1)c1ccccc1. The smallest absolute Gasteiger partial charge is 0.417 e. The van der Waals surface area contributed by atoms with Gasteiger partial charge in [0, 0.05) is 18.3 Å². The van der Waals surface area contributed by atoms with Crippen LogP contribution in [0.15, 0.2) is 53.6 Å². The molecule has 1 saturated carbocycles. The van der Waals surface area contributed by atoms with E-state index in [1.807, 2.05) is 0 Å². The van der Waals surface area contributed by atoms with E-state index in [1.54, 1.807) is 18.2 Å². The predicted molar refractivity (Wildman–Crippen MR) is 92.7 cm³/mol. The number of benzene rings is 1. The van der Waals surface area contributed by atoms with Gasteiger partial charge >= 0.3 is 6.18 Å². The number of nitrogens with one attached hydrogen (secondary N) is 1. The predicted octanol–water partition coefficient (Wildman–Crippen LogP) is 3.77. The van der Waals surface area contributed by atoms with Crippen LogP contribution in [0.3, 0.4) is 0 Å². The summed E-state index contributed by atoms with van der Waals surface area (Å²) in [6.07, 6.45) is -1.55. The standard InChI is InChI=1S/C18H19F3N2O3S/c19-18(20,21)13-6-11-17(22-12-13)26-15-9-7-14(8-10-15)23-27(24,25)16-4-2-1-3-5-16/h1-6,11-12,14-15,23H,7-10H2. The van der Waals surface area contributed by atoms with Crippen molar-refractivity contribution in [2.24, 2.45) is 0 Å². The molecule has 146 valence electrons. The number of hydrogen-bond acceptors (Lipinski definition) is 4. The van der Waals surface area contributed by atoms with Crippen molar-refractivity contribution in [1.82, 2.24) is 9.71 Å². The third-order valence-corrected chi connectivity index (χ3v) is 5.94. The maximum Gasteiger partial charge on any atom is 0.417 e. The molecule has 0 aliphatic heterocycles. The van der Waals surface area contributed by atoms with Crippen molar-refractivity contribution < 1.29 is 26.3 Å². The third-order valence-electron chi connectivity index (χ3n) is 4.40. The van der Waals surface area contributed by atoms with Crippen LogP contribution in [-0.2, 0) is 16.2 Å². The Hall–Kier alpha value is -2.13. The van der Waals surface area contributed by atoms with Crippen LogP contribution in [0.5, 0.6) is 5.88 Å². The zero-order valence-corrected chi connectivity index (χ0v) is 15.1. The molecular weight excluding hydrogens is 381 g/mol. The number of aromatic nitrogens is 1. The van der Waals surface area contributed by atoms with Crippen molar-refractivity contribution in [1.29, 1.82) is 0 Å². The molecule has 1 fully saturated rings. The fourth-order valence-corrected chi connectivity index (χ4v) is 4.30. The molecule has 0 spiro atoms. The Bertz CT molecular complexity index is 848. The molecule has 1 aromatic heterocycles. The van der Waals surface area contributed by atoms with Crippen molar-refractivity contribution in [3.05, 3.63) is 54.2 Å². The Balaban J connectivity index is 1.52. The van der Waals surface area contributed by atoms with Gasteiger partial charge in [0.1, 0.15) is 6.10 Å². The molecule has 0 bridgehead atoms. The summed E-state index contributed by atoms with van der Waals surface area (Å²) < 4.78 is 70.6.